The Labute approximate surface area is 148 Å². The van der Waals surface area contributed by atoms with Gasteiger partial charge in [-0.25, -0.2) is 0 Å². The summed E-state index contributed by atoms with van der Waals surface area (Å²) >= 11 is 0. The molecule has 0 bridgehead atoms. The summed E-state index contributed by atoms with van der Waals surface area (Å²) in [7, 11) is -1.73. The van der Waals surface area contributed by atoms with Crippen molar-refractivity contribution in [1.29, 1.82) is 0 Å². The number of hydrogen-bond acceptors (Lipinski definition) is 3. The van der Waals surface area contributed by atoms with E-state index in [1.165, 1.54) is 0 Å². The summed E-state index contributed by atoms with van der Waals surface area (Å²) in [6, 6.07) is 10.0. The molecule has 1 aromatic carbocycles. The number of rotatable bonds is 9. The summed E-state index contributed by atoms with van der Waals surface area (Å²) in [5.74, 6) is 0. The number of aliphatic hydroxyl groups is 2. The maximum absolute atomic E-state index is 9.81. The molecule has 0 atom stereocenters. The highest BCUT2D eigenvalue weighted by Gasteiger charge is 2.36. The monoisotopic (exact) mass is 350 g/mol. The maximum Gasteiger partial charge on any atom is 0.192 e. The topological polar surface area (TPSA) is 49.7 Å². The molecule has 4 heteroatoms. The van der Waals surface area contributed by atoms with Gasteiger partial charge in [0.2, 0.25) is 0 Å². The molecule has 2 N–H and O–H groups in total. The van der Waals surface area contributed by atoms with E-state index in [9.17, 15) is 10.2 Å². The molecule has 24 heavy (non-hydrogen) atoms. The number of aliphatic hydroxyl groups excluding tert-OH is 2. The van der Waals surface area contributed by atoms with Crippen LogP contribution in [0.1, 0.15) is 32.8 Å². The van der Waals surface area contributed by atoms with Gasteiger partial charge < -0.3 is 14.6 Å². The van der Waals surface area contributed by atoms with Gasteiger partial charge in [-0.2, -0.15) is 0 Å². The van der Waals surface area contributed by atoms with Crippen LogP contribution < -0.4 is 0 Å². The summed E-state index contributed by atoms with van der Waals surface area (Å²) in [5.41, 5.74) is 0.612. The molecule has 0 aromatic heterocycles. The lowest BCUT2D eigenvalue weighted by molar-refractivity contribution is 0.0569. The Hall–Kier alpha value is -0.943. The van der Waals surface area contributed by atoms with Crippen LogP contribution in [0.3, 0.4) is 0 Å². The molecule has 1 rings (SSSR count). The van der Waals surface area contributed by atoms with Gasteiger partial charge in [-0.15, -0.1) is 0 Å². The van der Waals surface area contributed by atoms with Gasteiger partial charge in [-0.05, 0) is 36.5 Å². The second kappa shape index (κ2) is 8.95. The fourth-order valence-electron chi connectivity index (χ4n) is 2.27. The van der Waals surface area contributed by atoms with Crippen LogP contribution in [0.5, 0.6) is 0 Å². The minimum absolute atomic E-state index is 0.0359. The Kier molecular flexibility index (Phi) is 7.87. The van der Waals surface area contributed by atoms with Gasteiger partial charge in [0.25, 0.3) is 0 Å². The van der Waals surface area contributed by atoms with Gasteiger partial charge in [-0.1, -0.05) is 63.3 Å². The molecule has 0 saturated carbocycles. The lowest BCUT2D eigenvalue weighted by Gasteiger charge is -2.35. The van der Waals surface area contributed by atoms with E-state index in [0.29, 0.717) is 19.4 Å². The number of benzene rings is 1. The standard InChI is InChI=1S/C20H34O3Si/c1-19(2,3)24(4,5)23-14-10-9-13-20(16-21,17-22)15-18-11-7-6-8-12-18/h6-12,21-22H,13-17H2,1-5H3/b10-9-. The molecule has 0 radical (unpaired) electrons. The molecule has 0 fully saturated rings. The van der Waals surface area contributed by atoms with Gasteiger partial charge in [-0.3, -0.25) is 0 Å². The van der Waals surface area contributed by atoms with Crippen LogP contribution >= 0.6 is 0 Å². The summed E-state index contributed by atoms with van der Waals surface area (Å²) in [6.07, 6.45) is 5.35. The Morgan fingerprint density at radius 1 is 1.00 bits per heavy atom. The minimum Gasteiger partial charge on any atom is -0.413 e. The van der Waals surface area contributed by atoms with Crippen LogP contribution in [-0.2, 0) is 10.8 Å². The first kappa shape index (κ1) is 21.1. The van der Waals surface area contributed by atoms with E-state index in [-0.39, 0.29) is 18.3 Å². The second-order valence-corrected chi connectivity index (χ2v) is 13.0. The molecule has 0 saturated heterocycles. The van der Waals surface area contributed by atoms with Crippen LogP contribution in [-0.4, -0.2) is 38.4 Å². The molecule has 1 aromatic rings. The smallest absolute Gasteiger partial charge is 0.192 e. The van der Waals surface area contributed by atoms with Crippen molar-refractivity contribution in [3.8, 4) is 0 Å². The van der Waals surface area contributed by atoms with Crippen molar-refractivity contribution in [2.24, 2.45) is 5.41 Å². The van der Waals surface area contributed by atoms with Crippen molar-refractivity contribution in [2.45, 2.75) is 51.7 Å². The minimum atomic E-state index is -1.73. The average Bonchev–Trinajstić information content (AvgIpc) is 2.53. The Balaban J connectivity index is 2.60. The third-order valence-corrected chi connectivity index (χ3v) is 9.66. The third kappa shape index (κ3) is 6.17. The van der Waals surface area contributed by atoms with Crippen molar-refractivity contribution >= 4 is 8.32 Å². The van der Waals surface area contributed by atoms with Crippen LogP contribution in [0.2, 0.25) is 18.1 Å². The molecular weight excluding hydrogens is 316 g/mol. The van der Waals surface area contributed by atoms with Gasteiger partial charge in [0, 0.05) is 5.41 Å². The Morgan fingerprint density at radius 3 is 2.08 bits per heavy atom. The highest BCUT2D eigenvalue weighted by molar-refractivity contribution is 6.74. The lowest BCUT2D eigenvalue weighted by atomic mass is 9.80. The van der Waals surface area contributed by atoms with E-state index in [2.05, 4.69) is 33.9 Å². The van der Waals surface area contributed by atoms with Gasteiger partial charge >= 0.3 is 0 Å². The summed E-state index contributed by atoms with van der Waals surface area (Å²) in [4.78, 5) is 0. The van der Waals surface area contributed by atoms with E-state index >= 15 is 0 Å². The van der Waals surface area contributed by atoms with Crippen molar-refractivity contribution < 1.29 is 14.6 Å². The zero-order valence-electron chi connectivity index (χ0n) is 15.9. The molecule has 0 aliphatic heterocycles. The average molecular weight is 351 g/mol. The summed E-state index contributed by atoms with van der Waals surface area (Å²) < 4.78 is 6.12. The predicted molar refractivity (Wildman–Crippen MR) is 104 cm³/mol. The lowest BCUT2D eigenvalue weighted by Crippen LogP contribution is -2.40. The quantitative estimate of drug-likeness (QED) is 0.519. The zero-order chi connectivity index (χ0) is 18.3. The molecule has 0 aliphatic carbocycles. The third-order valence-electron chi connectivity index (χ3n) is 5.16. The molecule has 0 aliphatic rings. The van der Waals surface area contributed by atoms with Crippen molar-refractivity contribution in [3.05, 3.63) is 48.0 Å². The first-order valence-corrected chi connectivity index (χ1v) is 11.6. The Morgan fingerprint density at radius 2 is 1.58 bits per heavy atom. The first-order valence-electron chi connectivity index (χ1n) is 8.70. The van der Waals surface area contributed by atoms with Crippen LogP contribution in [0.4, 0.5) is 0 Å². The van der Waals surface area contributed by atoms with Crippen molar-refractivity contribution in [2.75, 3.05) is 19.8 Å². The summed E-state index contributed by atoms with van der Waals surface area (Å²) in [6.45, 7) is 11.7. The van der Waals surface area contributed by atoms with Crippen LogP contribution in [0.25, 0.3) is 0 Å². The molecule has 0 spiro atoms. The van der Waals surface area contributed by atoms with Crippen LogP contribution in [0.15, 0.2) is 42.5 Å². The number of hydrogen-bond donors (Lipinski definition) is 2. The van der Waals surface area contributed by atoms with Crippen molar-refractivity contribution in [1.82, 2.24) is 0 Å². The van der Waals surface area contributed by atoms with E-state index < -0.39 is 13.7 Å². The highest BCUT2D eigenvalue weighted by atomic mass is 28.4. The SMILES string of the molecule is CC(C)(C)[Si](C)(C)OC/C=C\CC(CO)(CO)Cc1ccccc1. The van der Waals surface area contributed by atoms with E-state index in [0.717, 1.165) is 5.56 Å². The van der Waals surface area contributed by atoms with E-state index in [1.807, 2.05) is 42.5 Å². The van der Waals surface area contributed by atoms with E-state index in [1.54, 1.807) is 0 Å². The molecular formula is C20H34O3Si. The van der Waals surface area contributed by atoms with Gasteiger partial charge in [0.05, 0.1) is 19.8 Å². The van der Waals surface area contributed by atoms with Crippen LogP contribution in [0, 0.1) is 5.41 Å². The number of allylic oxidation sites excluding steroid dienone is 1. The fourth-order valence-corrected chi connectivity index (χ4v) is 3.21. The normalized spacial score (nSPS) is 13.6. The Bertz CT molecular complexity index is 499. The second-order valence-electron chi connectivity index (χ2n) is 8.23. The maximum atomic E-state index is 9.81. The van der Waals surface area contributed by atoms with Crippen molar-refractivity contribution in [3.63, 3.8) is 0 Å². The molecule has 0 heterocycles. The highest BCUT2D eigenvalue weighted by Crippen LogP contribution is 2.36. The largest absolute Gasteiger partial charge is 0.413 e. The predicted octanol–water partition coefficient (Wildman–Crippen LogP) is 4.17. The molecule has 3 nitrogen and oxygen atoms in total. The molecule has 136 valence electrons. The van der Waals surface area contributed by atoms with Gasteiger partial charge in [0.1, 0.15) is 0 Å². The summed E-state index contributed by atoms with van der Waals surface area (Å²) in [5, 5.41) is 19.8. The molecule has 0 amide bonds. The van der Waals surface area contributed by atoms with E-state index in [4.69, 9.17) is 4.43 Å². The zero-order valence-corrected chi connectivity index (χ0v) is 16.9. The molecule has 0 unspecified atom stereocenters. The fraction of sp³-hybridized carbons (Fsp3) is 0.600. The first-order chi connectivity index (χ1) is 11.2. The van der Waals surface area contributed by atoms with Gasteiger partial charge in [0.15, 0.2) is 8.32 Å².